The predicted molar refractivity (Wildman–Crippen MR) is 99.1 cm³/mol. The zero-order valence-electron chi connectivity index (χ0n) is 14.6. The maximum atomic E-state index is 12.2. The highest BCUT2D eigenvalue weighted by Gasteiger charge is 2.25. The molecule has 0 fully saturated rings. The molecule has 0 saturated heterocycles. The molecule has 0 saturated carbocycles. The van der Waals surface area contributed by atoms with Crippen LogP contribution in [0, 0.1) is 12.3 Å². The van der Waals surface area contributed by atoms with E-state index in [1.165, 1.54) is 5.56 Å². The SMILES string of the molecule is CCC(CC)(CO)CNC(=O)Cc1csc(-c2ccc(C)cc2)n1. The summed E-state index contributed by atoms with van der Waals surface area (Å²) in [6, 6.07) is 8.23. The smallest absolute Gasteiger partial charge is 0.226 e. The van der Waals surface area contributed by atoms with Gasteiger partial charge in [-0.1, -0.05) is 43.7 Å². The van der Waals surface area contributed by atoms with Crippen LogP contribution >= 0.6 is 11.3 Å². The minimum Gasteiger partial charge on any atom is -0.396 e. The van der Waals surface area contributed by atoms with Crippen molar-refractivity contribution in [3.05, 3.63) is 40.9 Å². The van der Waals surface area contributed by atoms with E-state index >= 15 is 0 Å². The number of hydrogen-bond acceptors (Lipinski definition) is 4. The van der Waals surface area contributed by atoms with E-state index in [1.807, 2.05) is 19.2 Å². The van der Waals surface area contributed by atoms with Gasteiger partial charge in [0, 0.05) is 22.9 Å². The van der Waals surface area contributed by atoms with Gasteiger partial charge in [-0.3, -0.25) is 4.79 Å². The van der Waals surface area contributed by atoms with Crippen molar-refractivity contribution in [3.8, 4) is 10.6 Å². The molecular weight excluding hydrogens is 320 g/mol. The number of nitrogens with zero attached hydrogens (tertiary/aromatic N) is 1. The van der Waals surface area contributed by atoms with E-state index in [-0.39, 0.29) is 24.3 Å². The Labute approximate surface area is 148 Å². The van der Waals surface area contributed by atoms with Crippen molar-refractivity contribution in [1.82, 2.24) is 10.3 Å². The minimum absolute atomic E-state index is 0.0459. The van der Waals surface area contributed by atoms with Gasteiger partial charge in [0.2, 0.25) is 5.91 Å². The molecule has 24 heavy (non-hydrogen) atoms. The number of aliphatic hydroxyl groups excluding tert-OH is 1. The van der Waals surface area contributed by atoms with Crippen LogP contribution in [0.3, 0.4) is 0 Å². The monoisotopic (exact) mass is 346 g/mol. The molecule has 0 radical (unpaired) electrons. The van der Waals surface area contributed by atoms with Crippen molar-refractivity contribution in [2.45, 2.75) is 40.0 Å². The normalized spacial score (nSPS) is 11.5. The average molecular weight is 346 g/mol. The van der Waals surface area contributed by atoms with Gasteiger partial charge in [-0.25, -0.2) is 4.98 Å². The van der Waals surface area contributed by atoms with Gasteiger partial charge in [-0.05, 0) is 19.8 Å². The summed E-state index contributed by atoms with van der Waals surface area (Å²) in [6.07, 6.45) is 1.96. The fourth-order valence-corrected chi connectivity index (χ4v) is 3.34. The Balaban J connectivity index is 1.94. The molecule has 0 bridgehead atoms. The summed E-state index contributed by atoms with van der Waals surface area (Å²) in [6.45, 7) is 6.74. The molecule has 1 amide bonds. The number of aromatic nitrogens is 1. The highest BCUT2D eigenvalue weighted by atomic mass is 32.1. The van der Waals surface area contributed by atoms with Crippen molar-refractivity contribution < 1.29 is 9.90 Å². The Hall–Kier alpha value is -1.72. The molecule has 0 aliphatic carbocycles. The number of nitrogens with one attached hydrogen (secondary N) is 1. The van der Waals surface area contributed by atoms with Crippen LogP contribution in [0.5, 0.6) is 0 Å². The van der Waals surface area contributed by atoms with Crippen LogP contribution in [0.25, 0.3) is 10.6 Å². The molecule has 1 heterocycles. The van der Waals surface area contributed by atoms with Crippen molar-refractivity contribution in [2.24, 2.45) is 5.41 Å². The maximum absolute atomic E-state index is 12.2. The number of rotatable bonds is 8. The molecule has 4 nitrogen and oxygen atoms in total. The van der Waals surface area contributed by atoms with Crippen LogP contribution in [-0.2, 0) is 11.2 Å². The van der Waals surface area contributed by atoms with E-state index in [9.17, 15) is 9.90 Å². The highest BCUT2D eigenvalue weighted by molar-refractivity contribution is 7.13. The number of hydrogen-bond donors (Lipinski definition) is 2. The van der Waals surface area contributed by atoms with Gasteiger partial charge < -0.3 is 10.4 Å². The Kier molecular flexibility index (Phi) is 6.52. The number of thiazole rings is 1. The molecule has 2 rings (SSSR count). The fraction of sp³-hybridized carbons (Fsp3) is 0.474. The molecule has 0 aliphatic heterocycles. The summed E-state index contributed by atoms with van der Waals surface area (Å²) in [5.41, 5.74) is 2.86. The lowest BCUT2D eigenvalue weighted by atomic mass is 9.83. The molecule has 1 aromatic carbocycles. The Morgan fingerprint density at radius 1 is 1.25 bits per heavy atom. The molecule has 0 spiro atoms. The van der Waals surface area contributed by atoms with Crippen LogP contribution in [0.4, 0.5) is 0 Å². The largest absolute Gasteiger partial charge is 0.396 e. The predicted octanol–water partition coefficient (Wildman–Crippen LogP) is 3.58. The summed E-state index contributed by atoms with van der Waals surface area (Å²) in [7, 11) is 0. The van der Waals surface area contributed by atoms with E-state index < -0.39 is 0 Å². The second kappa shape index (κ2) is 8.40. The molecule has 2 aromatic rings. The third kappa shape index (κ3) is 4.65. The van der Waals surface area contributed by atoms with Crippen molar-refractivity contribution in [1.29, 1.82) is 0 Å². The first-order valence-electron chi connectivity index (χ1n) is 8.41. The van der Waals surface area contributed by atoms with Gasteiger partial charge in [0.25, 0.3) is 0 Å². The Morgan fingerprint density at radius 2 is 1.92 bits per heavy atom. The van der Waals surface area contributed by atoms with Crippen LogP contribution in [-0.4, -0.2) is 29.1 Å². The van der Waals surface area contributed by atoms with Crippen LogP contribution < -0.4 is 5.32 Å². The van der Waals surface area contributed by atoms with Gasteiger partial charge in [0.15, 0.2) is 0 Å². The lowest BCUT2D eigenvalue weighted by Gasteiger charge is -2.29. The molecule has 130 valence electrons. The van der Waals surface area contributed by atoms with Crippen LogP contribution in [0.2, 0.25) is 0 Å². The second-order valence-electron chi connectivity index (χ2n) is 6.33. The summed E-state index contributed by atoms with van der Waals surface area (Å²) < 4.78 is 0. The van der Waals surface area contributed by atoms with Gasteiger partial charge in [-0.15, -0.1) is 11.3 Å². The number of aliphatic hydroxyl groups is 1. The highest BCUT2D eigenvalue weighted by Crippen LogP contribution is 2.25. The fourth-order valence-electron chi connectivity index (χ4n) is 2.51. The van der Waals surface area contributed by atoms with Gasteiger partial charge in [0.1, 0.15) is 5.01 Å². The lowest BCUT2D eigenvalue weighted by molar-refractivity contribution is -0.121. The minimum atomic E-state index is -0.217. The molecule has 0 aliphatic rings. The first-order valence-corrected chi connectivity index (χ1v) is 9.29. The maximum Gasteiger partial charge on any atom is 0.226 e. The number of carbonyl (C=O) groups is 1. The van der Waals surface area contributed by atoms with Crippen molar-refractivity contribution in [2.75, 3.05) is 13.2 Å². The number of benzene rings is 1. The molecule has 0 unspecified atom stereocenters. The molecule has 5 heteroatoms. The first kappa shape index (κ1) is 18.6. The molecule has 1 aromatic heterocycles. The molecule has 0 atom stereocenters. The van der Waals surface area contributed by atoms with Crippen molar-refractivity contribution in [3.63, 3.8) is 0 Å². The van der Waals surface area contributed by atoms with Crippen LogP contribution in [0.15, 0.2) is 29.6 Å². The summed E-state index contributed by atoms with van der Waals surface area (Å²) in [5, 5.41) is 15.4. The topological polar surface area (TPSA) is 62.2 Å². The van der Waals surface area contributed by atoms with Gasteiger partial charge >= 0.3 is 0 Å². The zero-order chi connectivity index (χ0) is 17.6. The summed E-state index contributed by atoms with van der Waals surface area (Å²) in [5.74, 6) is -0.0459. The third-order valence-electron chi connectivity index (χ3n) is 4.69. The molecule has 2 N–H and O–H groups in total. The molecular formula is C19H26N2O2S. The standard InChI is InChI=1S/C19H26N2O2S/c1-4-19(5-2,13-22)12-20-17(23)10-16-11-24-18(21-16)15-8-6-14(3)7-9-15/h6-9,11,22H,4-5,10,12-13H2,1-3H3,(H,20,23). The van der Waals surface area contributed by atoms with Gasteiger partial charge in [-0.2, -0.15) is 0 Å². The Morgan fingerprint density at radius 3 is 2.50 bits per heavy atom. The quantitative estimate of drug-likeness (QED) is 0.768. The van der Waals surface area contributed by atoms with Crippen LogP contribution in [0.1, 0.15) is 37.9 Å². The number of aryl methyl sites for hydroxylation is 1. The number of carbonyl (C=O) groups excluding carboxylic acids is 1. The average Bonchev–Trinajstić information content (AvgIpc) is 3.05. The summed E-state index contributed by atoms with van der Waals surface area (Å²) in [4.78, 5) is 16.7. The first-order chi connectivity index (χ1) is 11.5. The van der Waals surface area contributed by atoms with E-state index in [0.717, 1.165) is 29.1 Å². The van der Waals surface area contributed by atoms with Crippen molar-refractivity contribution >= 4 is 17.2 Å². The van der Waals surface area contributed by atoms with E-state index in [4.69, 9.17) is 0 Å². The zero-order valence-corrected chi connectivity index (χ0v) is 15.4. The third-order valence-corrected chi connectivity index (χ3v) is 5.63. The Bertz CT molecular complexity index is 652. The van der Waals surface area contributed by atoms with E-state index in [2.05, 4.69) is 41.5 Å². The van der Waals surface area contributed by atoms with E-state index in [1.54, 1.807) is 11.3 Å². The number of amides is 1. The van der Waals surface area contributed by atoms with Gasteiger partial charge in [0.05, 0.1) is 18.7 Å². The lowest BCUT2D eigenvalue weighted by Crippen LogP contribution is -2.40. The second-order valence-corrected chi connectivity index (χ2v) is 7.19. The summed E-state index contributed by atoms with van der Waals surface area (Å²) >= 11 is 1.56. The van der Waals surface area contributed by atoms with E-state index in [0.29, 0.717) is 6.54 Å².